The number of carbonyl (C=O) groups excluding carboxylic acids is 1. The Kier molecular flexibility index (Phi) is 4.19. The number of rotatable bonds is 3. The van der Waals surface area contributed by atoms with Gasteiger partial charge in [0.1, 0.15) is 6.04 Å². The maximum atomic E-state index is 12.1. The molecule has 2 N–H and O–H groups in total. The highest BCUT2D eigenvalue weighted by Crippen LogP contribution is 2.39. The number of ether oxygens (including phenoxy) is 1. The number of hydrogen-bond acceptors (Lipinski definition) is 4. The summed E-state index contributed by atoms with van der Waals surface area (Å²) >= 11 is 3.66. The lowest BCUT2D eigenvalue weighted by Crippen LogP contribution is -2.43. The van der Waals surface area contributed by atoms with Gasteiger partial charge in [0.25, 0.3) is 0 Å². The Balaban J connectivity index is 1.95. The Hall–Kier alpha value is -1.11. The first kappa shape index (κ1) is 14.8. The minimum Gasteiger partial charge on any atom is -0.377 e. The standard InChI is InChI=1S/C15H20BrN3O2/c1-3-17-14-10-6-11(16)13(7-12(10)18-15(14)20)19-4-5-21-8-9(19)2/h6-7,9,14,17H,3-5,8H2,1-2H3,(H,18,20). The first-order chi connectivity index (χ1) is 10.1. The van der Waals surface area contributed by atoms with Crippen molar-refractivity contribution >= 4 is 33.2 Å². The molecule has 0 aromatic heterocycles. The van der Waals surface area contributed by atoms with Crippen molar-refractivity contribution in [2.75, 3.05) is 36.5 Å². The zero-order valence-electron chi connectivity index (χ0n) is 12.3. The average Bonchev–Trinajstić information content (AvgIpc) is 2.75. The van der Waals surface area contributed by atoms with E-state index in [1.54, 1.807) is 0 Å². The van der Waals surface area contributed by atoms with Crippen LogP contribution < -0.4 is 15.5 Å². The largest absolute Gasteiger partial charge is 0.377 e. The molecule has 1 saturated heterocycles. The fourth-order valence-electron chi connectivity index (χ4n) is 2.98. The number of fused-ring (bicyclic) bond motifs is 1. The molecule has 2 atom stereocenters. The summed E-state index contributed by atoms with van der Waals surface area (Å²) < 4.78 is 6.52. The van der Waals surface area contributed by atoms with Crippen LogP contribution in [-0.4, -0.2) is 38.3 Å². The van der Waals surface area contributed by atoms with Crippen LogP contribution in [0.15, 0.2) is 16.6 Å². The predicted molar refractivity (Wildman–Crippen MR) is 86.8 cm³/mol. The molecule has 0 saturated carbocycles. The van der Waals surface area contributed by atoms with Crippen molar-refractivity contribution in [3.63, 3.8) is 0 Å². The van der Waals surface area contributed by atoms with E-state index in [1.165, 1.54) is 0 Å². The highest BCUT2D eigenvalue weighted by atomic mass is 79.9. The van der Waals surface area contributed by atoms with Crippen molar-refractivity contribution in [1.29, 1.82) is 0 Å². The van der Waals surface area contributed by atoms with Crippen LogP contribution in [0, 0.1) is 0 Å². The Morgan fingerprint density at radius 3 is 3.05 bits per heavy atom. The van der Waals surface area contributed by atoms with E-state index in [9.17, 15) is 4.79 Å². The number of carbonyl (C=O) groups is 1. The van der Waals surface area contributed by atoms with Gasteiger partial charge in [-0.3, -0.25) is 4.79 Å². The molecule has 3 rings (SSSR count). The summed E-state index contributed by atoms with van der Waals surface area (Å²) in [6, 6.07) is 4.20. The number of halogens is 1. The van der Waals surface area contributed by atoms with Crippen LogP contribution in [0.5, 0.6) is 0 Å². The van der Waals surface area contributed by atoms with Gasteiger partial charge >= 0.3 is 0 Å². The van der Waals surface area contributed by atoms with Gasteiger partial charge in [-0.25, -0.2) is 0 Å². The van der Waals surface area contributed by atoms with Crippen molar-refractivity contribution in [2.24, 2.45) is 0 Å². The average molecular weight is 354 g/mol. The molecule has 5 nitrogen and oxygen atoms in total. The van der Waals surface area contributed by atoms with Gasteiger partial charge in [0.15, 0.2) is 0 Å². The number of likely N-dealkylation sites (N-methyl/N-ethyl adjacent to an activating group) is 1. The van der Waals surface area contributed by atoms with Crippen LogP contribution in [0.25, 0.3) is 0 Å². The van der Waals surface area contributed by atoms with E-state index in [0.717, 1.165) is 47.7 Å². The van der Waals surface area contributed by atoms with Gasteiger partial charge in [0, 0.05) is 28.3 Å². The summed E-state index contributed by atoms with van der Waals surface area (Å²) in [6.07, 6.45) is 0. The topological polar surface area (TPSA) is 53.6 Å². The van der Waals surface area contributed by atoms with E-state index in [-0.39, 0.29) is 11.9 Å². The zero-order chi connectivity index (χ0) is 15.0. The lowest BCUT2D eigenvalue weighted by Gasteiger charge is -2.36. The predicted octanol–water partition coefficient (Wildman–Crippen LogP) is 2.28. The van der Waals surface area contributed by atoms with Gasteiger partial charge in [-0.1, -0.05) is 6.92 Å². The highest BCUT2D eigenvalue weighted by molar-refractivity contribution is 9.10. The zero-order valence-corrected chi connectivity index (χ0v) is 13.9. The van der Waals surface area contributed by atoms with Crippen LogP contribution in [-0.2, 0) is 9.53 Å². The molecule has 0 bridgehead atoms. The molecule has 1 amide bonds. The molecule has 0 radical (unpaired) electrons. The van der Waals surface area contributed by atoms with Crippen LogP contribution in [0.4, 0.5) is 11.4 Å². The minimum atomic E-state index is -0.252. The molecule has 2 aliphatic heterocycles. The van der Waals surface area contributed by atoms with Crippen LogP contribution in [0.3, 0.4) is 0 Å². The summed E-state index contributed by atoms with van der Waals surface area (Å²) in [6.45, 7) is 7.25. The number of anilines is 2. The first-order valence-electron chi connectivity index (χ1n) is 7.34. The lowest BCUT2D eigenvalue weighted by atomic mass is 10.1. The van der Waals surface area contributed by atoms with Crippen LogP contribution in [0.2, 0.25) is 0 Å². The second-order valence-corrected chi connectivity index (χ2v) is 6.34. The van der Waals surface area contributed by atoms with E-state index >= 15 is 0 Å². The molecule has 1 aromatic rings. The van der Waals surface area contributed by atoms with Crippen molar-refractivity contribution < 1.29 is 9.53 Å². The van der Waals surface area contributed by atoms with E-state index in [2.05, 4.69) is 50.5 Å². The van der Waals surface area contributed by atoms with E-state index in [1.807, 2.05) is 6.92 Å². The molecule has 6 heteroatoms. The Morgan fingerprint density at radius 2 is 2.33 bits per heavy atom. The number of benzene rings is 1. The van der Waals surface area contributed by atoms with Gasteiger partial charge in [0.05, 0.1) is 18.9 Å². The van der Waals surface area contributed by atoms with E-state index < -0.39 is 0 Å². The molecule has 114 valence electrons. The maximum absolute atomic E-state index is 12.1. The molecule has 1 aromatic carbocycles. The number of nitrogens with zero attached hydrogens (tertiary/aromatic N) is 1. The molecule has 2 aliphatic rings. The Labute approximate surface area is 133 Å². The summed E-state index contributed by atoms with van der Waals surface area (Å²) in [5, 5.41) is 6.19. The third-order valence-electron chi connectivity index (χ3n) is 4.04. The SMILES string of the molecule is CCNC1C(=O)Nc2cc(N3CCOCC3C)c(Br)cc21. The Bertz CT molecular complexity index is 564. The Morgan fingerprint density at radius 1 is 1.52 bits per heavy atom. The maximum Gasteiger partial charge on any atom is 0.246 e. The molecule has 0 spiro atoms. The van der Waals surface area contributed by atoms with Gasteiger partial charge in [-0.05, 0) is 41.5 Å². The first-order valence-corrected chi connectivity index (χ1v) is 8.13. The number of amides is 1. The van der Waals surface area contributed by atoms with Crippen molar-refractivity contribution in [2.45, 2.75) is 25.9 Å². The molecule has 1 fully saturated rings. The fourth-order valence-corrected chi connectivity index (χ4v) is 3.57. The van der Waals surface area contributed by atoms with Crippen molar-refractivity contribution in [1.82, 2.24) is 5.32 Å². The number of hydrogen-bond donors (Lipinski definition) is 2. The van der Waals surface area contributed by atoms with Gasteiger partial charge < -0.3 is 20.3 Å². The molecular formula is C15H20BrN3O2. The second-order valence-electron chi connectivity index (χ2n) is 5.49. The second kappa shape index (κ2) is 5.94. The monoisotopic (exact) mass is 353 g/mol. The van der Waals surface area contributed by atoms with E-state index in [4.69, 9.17) is 4.74 Å². The van der Waals surface area contributed by atoms with E-state index in [0.29, 0.717) is 6.04 Å². The minimum absolute atomic E-state index is 0.0194. The smallest absolute Gasteiger partial charge is 0.246 e. The quantitative estimate of drug-likeness (QED) is 0.875. The summed E-state index contributed by atoms with van der Waals surface area (Å²) in [7, 11) is 0. The van der Waals surface area contributed by atoms with Crippen molar-refractivity contribution in [3.05, 3.63) is 22.2 Å². The third kappa shape index (κ3) is 2.67. The van der Waals surface area contributed by atoms with Crippen LogP contribution in [0.1, 0.15) is 25.5 Å². The number of nitrogens with one attached hydrogen (secondary N) is 2. The highest BCUT2D eigenvalue weighted by Gasteiger charge is 2.32. The van der Waals surface area contributed by atoms with Gasteiger partial charge in [-0.15, -0.1) is 0 Å². The lowest BCUT2D eigenvalue weighted by molar-refractivity contribution is -0.117. The number of morpholine rings is 1. The summed E-state index contributed by atoms with van der Waals surface area (Å²) in [4.78, 5) is 14.4. The fraction of sp³-hybridized carbons (Fsp3) is 0.533. The summed E-state index contributed by atoms with van der Waals surface area (Å²) in [5.74, 6) is 0.0194. The van der Waals surface area contributed by atoms with Crippen molar-refractivity contribution in [3.8, 4) is 0 Å². The van der Waals surface area contributed by atoms with Crippen LogP contribution >= 0.6 is 15.9 Å². The molecule has 2 unspecified atom stereocenters. The molecule has 0 aliphatic carbocycles. The molecular weight excluding hydrogens is 334 g/mol. The normalized spacial score (nSPS) is 24.9. The van der Waals surface area contributed by atoms with Gasteiger partial charge in [0.2, 0.25) is 5.91 Å². The molecule has 21 heavy (non-hydrogen) atoms. The third-order valence-corrected chi connectivity index (χ3v) is 4.67. The summed E-state index contributed by atoms with van der Waals surface area (Å²) in [5.41, 5.74) is 3.03. The molecule has 2 heterocycles. The van der Waals surface area contributed by atoms with Gasteiger partial charge in [-0.2, -0.15) is 0 Å².